The molecule has 0 saturated heterocycles. The maximum atomic E-state index is 14.5. The summed E-state index contributed by atoms with van der Waals surface area (Å²) in [6, 6.07) is 14.3. The minimum Gasteiger partial charge on any atom is -0.478 e. The zero-order valence-electron chi connectivity index (χ0n) is 19.9. The lowest BCUT2D eigenvalue weighted by Crippen LogP contribution is -2.20. The molecule has 37 heavy (non-hydrogen) atoms. The molecule has 2 aromatic heterocycles. The molecule has 0 amide bonds. The summed E-state index contributed by atoms with van der Waals surface area (Å²) in [6.45, 7) is 3.71. The molecule has 1 N–H and O–H groups in total. The van der Waals surface area contributed by atoms with E-state index in [0.29, 0.717) is 11.4 Å². The van der Waals surface area contributed by atoms with Gasteiger partial charge in [-0.25, -0.2) is 18.0 Å². The first-order chi connectivity index (χ1) is 17.6. The number of carboxylic acid groups (broad SMARTS) is 1. The van der Waals surface area contributed by atoms with Crippen molar-refractivity contribution in [3.05, 3.63) is 105 Å². The van der Waals surface area contributed by atoms with Crippen molar-refractivity contribution < 1.29 is 27.8 Å². The van der Waals surface area contributed by atoms with Crippen LogP contribution in [-0.2, 0) is 6.54 Å². The highest BCUT2D eigenvalue weighted by molar-refractivity contribution is 5.88. The van der Waals surface area contributed by atoms with Crippen LogP contribution in [0.1, 0.15) is 53.4 Å². The van der Waals surface area contributed by atoms with E-state index in [1.165, 1.54) is 0 Å². The summed E-state index contributed by atoms with van der Waals surface area (Å²) >= 11 is 0. The van der Waals surface area contributed by atoms with Crippen molar-refractivity contribution in [2.24, 2.45) is 0 Å². The van der Waals surface area contributed by atoms with Crippen molar-refractivity contribution in [3.8, 4) is 22.8 Å². The molecule has 0 aliphatic carbocycles. The number of carboxylic acids is 1. The SMILES string of the molecule is CC(C)c1ccc(-c2ccc(Oc3cc(C(=O)O)c(F)cc3Cn3cc(C(F)F)ccc3=O)cc2)nn1. The standard InChI is InChI=1S/C27H22F3N3O4/c1-15(2)22-8-9-23(32-31-22)16-3-6-19(7-4-16)37-24-12-20(27(35)36)21(28)11-18(24)14-33-13-17(26(29)30)5-10-25(33)34/h3-13,15,26H,14H2,1-2H3,(H,35,36). The van der Waals surface area contributed by atoms with E-state index in [1.54, 1.807) is 24.3 Å². The van der Waals surface area contributed by atoms with Gasteiger partial charge in [0.15, 0.2) is 0 Å². The van der Waals surface area contributed by atoms with Gasteiger partial charge in [0.05, 0.1) is 23.5 Å². The fourth-order valence-corrected chi connectivity index (χ4v) is 3.59. The van der Waals surface area contributed by atoms with Gasteiger partial charge in [-0.1, -0.05) is 13.8 Å². The van der Waals surface area contributed by atoms with E-state index in [0.717, 1.165) is 46.3 Å². The predicted molar refractivity (Wildman–Crippen MR) is 130 cm³/mol. The molecule has 10 heteroatoms. The third-order valence-corrected chi connectivity index (χ3v) is 5.63. The second-order valence-corrected chi connectivity index (χ2v) is 8.60. The molecule has 0 atom stereocenters. The zero-order valence-corrected chi connectivity index (χ0v) is 19.9. The number of aromatic carboxylic acids is 1. The Morgan fingerprint density at radius 1 is 1.03 bits per heavy atom. The van der Waals surface area contributed by atoms with Crippen molar-refractivity contribution >= 4 is 5.97 Å². The summed E-state index contributed by atoms with van der Waals surface area (Å²) in [5.41, 5.74) is 0.748. The van der Waals surface area contributed by atoms with Crippen LogP contribution in [0, 0.1) is 5.82 Å². The van der Waals surface area contributed by atoms with Gasteiger partial charge in [0, 0.05) is 29.0 Å². The highest BCUT2D eigenvalue weighted by Crippen LogP contribution is 2.31. The highest BCUT2D eigenvalue weighted by atomic mass is 19.3. The van der Waals surface area contributed by atoms with E-state index in [-0.39, 0.29) is 29.3 Å². The minimum absolute atomic E-state index is 0.0398. The Balaban J connectivity index is 1.66. The number of carbonyl (C=O) groups is 1. The van der Waals surface area contributed by atoms with Crippen LogP contribution in [0.25, 0.3) is 11.3 Å². The van der Waals surface area contributed by atoms with Crippen molar-refractivity contribution in [2.45, 2.75) is 32.7 Å². The summed E-state index contributed by atoms with van der Waals surface area (Å²) in [5, 5.41) is 17.8. The molecule has 0 aliphatic heterocycles. The quantitative estimate of drug-likeness (QED) is 0.311. The van der Waals surface area contributed by atoms with Gasteiger partial charge in [-0.2, -0.15) is 10.2 Å². The smallest absolute Gasteiger partial charge is 0.338 e. The topological polar surface area (TPSA) is 94.3 Å². The summed E-state index contributed by atoms with van der Waals surface area (Å²) < 4.78 is 47.6. The van der Waals surface area contributed by atoms with Crippen LogP contribution in [0.3, 0.4) is 0 Å². The van der Waals surface area contributed by atoms with E-state index >= 15 is 0 Å². The Kier molecular flexibility index (Phi) is 7.37. The molecule has 0 radical (unpaired) electrons. The van der Waals surface area contributed by atoms with E-state index in [1.807, 2.05) is 26.0 Å². The van der Waals surface area contributed by atoms with Crippen molar-refractivity contribution in [2.75, 3.05) is 0 Å². The van der Waals surface area contributed by atoms with Crippen LogP contribution < -0.4 is 10.3 Å². The molecule has 190 valence electrons. The monoisotopic (exact) mass is 509 g/mol. The molecule has 7 nitrogen and oxygen atoms in total. The average molecular weight is 509 g/mol. The lowest BCUT2D eigenvalue weighted by atomic mass is 10.1. The largest absolute Gasteiger partial charge is 0.478 e. The Bertz CT molecular complexity index is 1480. The van der Waals surface area contributed by atoms with E-state index in [9.17, 15) is 27.9 Å². The van der Waals surface area contributed by atoms with Gasteiger partial charge in [0.1, 0.15) is 17.3 Å². The fourth-order valence-electron chi connectivity index (χ4n) is 3.59. The van der Waals surface area contributed by atoms with Gasteiger partial charge in [0.2, 0.25) is 0 Å². The predicted octanol–water partition coefficient (Wildman–Crippen LogP) is 6.04. The fraction of sp³-hybridized carbons (Fsp3) is 0.185. The van der Waals surface area contributed by atoms with Gasteiger partial charge >= 0.3 is 5.97 Å². The summed E-state index contributed by atoms with van der Waals surface area (Å²) in [4.78, 5) is 23.7. The van der Waals surface area contributed by atoms with Crippen LogP contribution in [0.4, 0.5) is 13.2 Å². The summed E-state index contributed by atoms with van der Waals surface area (Å²) in [7, 11) is 0. The second kappa shape index (κ2) is 10.7. The number of hydrogen-bond donors (Lipinski definition) is 1. The van der Waals surface area contributed by atoms with Crippen LogP contribution in [0.15, 0.2) is 71.7 Å². The second-order valence-electron chi connectivity index (χ2n) is 8.60. The van der Waals surface area contributed by atoms with Crippen molar-refractivity contribution in [3.63, 3.8) is 0 Å². The molecule has 4 rings (SSSR count). The van der Waals surface area contributed by atoms with Crippen LogP contribution >= 0.6 is 0 Å². The van der Waals surface area contributed by atoms with Gasteiger partial charge in [-0.3, -0.25) is 4.79 Å². The first-order valence-electron chi connectivity index (χ1n) is 11.3. The normalized spacial score (nSPS) is 11.2. The third kappa shape index (κ3) is 5.85. The number of rotatable bonds is 8. The number of aromatic nitrogens is 3. The van der Waals surface area contributed by atoms with Crippen LogP contribution in [-0.4, -0.2) is 25.8 Å². The summed E-state index contributed by atoms with van der Waals surface area (Å²) in [5.74, 6) is -2.06. The molecule has 0 aliphatic rings. The van der Waals surface area contributed by atoms with Gasteiger partial charge in [-0.15, -0.1) is 0 Å². The number of halogens is 3. The minimum atomic E-state index is -2.81. The maximum Gasteiger partial charge on any atom is 0.338 e. The van der Waals surface area contributed by atoms with Crippen molar-refractivity contribution in [1.82, 2.24) is 14.8 Å². The lowest BCUT2D eigenvalue weighted by Gasteiger charge is -2.15. The summed E-state index contributed by atoms with van der Waals surface area (Å²) in [6.07, 6.45) is -1.83. The lowest BCUT2D eigenvalue weighted by molar-refractivity contribution is 0.0691. The van der Waals surface area contributed by atoms with Crippen LogP contribution in [0.5, 0.6) is 11.5 Å². The highest BCUT2D eigenvalue weighted by Gasteiger charge is 2.18. The van der Waals surface area contributed by atoms with Crippen LogP contribution in [0.2, 0.25) is 0 Å². The van der Waals surface area contributed by atoms with Crippen molar-refractivity contribution in [1.29, 1.82) is 0 Å². The molecule has 4 aromatic rings. The number of pyridine rings is 1. The zero-order chi connectivity index (χ0) is 26.7. The number of benzene rings is 2. The molecule has 0 unspecified atom stereocenters. The molecule has 0 spiro atoms. The van der Waals surface area contributed by atoms with E-state index in [2.05, 4.69) is 10.2 Å². The Labute approximate surface area is 209 Å². The number of nitrogens with zero attached hydrogens (tertiary/aromatic N) is 3. The number of alkyl halides is 2. The molecule has 0 bridgehead atoms. The molecule has 0 saturated carbocycles. The average Bonchev–Trinajstić information content (AvgIpc) is 2.87. The first-order valence-corrected chi connectivity index (χ1v) is 11.3. The Hall–Kier alpha value is -4.47. The van der Waals surface area contributed by atoms with Gasteiger partial charge in [-0.05, 0) is 60.5 Å². The number of hydrogen-bond acceptors (Lipinski definition) is 5. The van der Waals surface area contributed by atoms with E-state index < -0.39 is 29.3 Å². The molecular formula is C27H22F3N3O4. The van der Waals surface area contributed by atoms with Gasteiger partial charge < -0.3 is 14.4 Å². The van der Waals surface area contributed by atoms with Gasteiger partial charge in [0.25, 0.3) is 12.0 Å². The molecule has 0 fully saturated rings. The Morgan fingerprint density at radius 2 is 1.76 bits per heavy atom. The van der Waals surface area contributed by atoms with E-state index in [4.69, 9.17) is 4.74 Å². The maximum absolute atomic E-state index is 14.5. The number of ether oxygens (including phenoxy) is 1. The molecular weight excluding hydrogens is 487 g/mol. The Morgan fingerprint density at radius 3 is 2.35 bits per heavy atom. The molecule has 2 aromatic carbocycles. The molecule has 2 heterocycles. The first kappa shape index (κ1) is 25.6. The third-order valence-electron chi connectivity index (χ3n) is 5.63.